The molecule has 4 nitrogen and oxygen atoms in total. The third kappa shape index (κ3) is 3.53. The van der Waals surface area contributed by atoms with Crippen LogP contribution in [0.15, 0.2) is 18.3 Å². The van der Waals surface area contributed by atoms with Crippen molar-refractivity contribution in [2.45, 2.75) is 32.4 Å². The number of amides is 1. The van der Waals surface area contributed by atoms with Gasteiger partial charge in [-0.25, -0.2) is 4.98 Å². The SMILES string of the molecule is CCC1(C(=O)Nc2ccc(C(F)(F)F)nc2)CCCNC1. The number of nitrogens with zero attached hydrogens (tertiary/aromatic N) is 1. The summed E-state index contributed by atoms with van der Waals surface area (Å²) < 4.78 is 37.3. The molecule has 116 valence electrons. The lowest BCUT2D eigenvalue weighted by atomic mass is 9.77. The van der Waals surface area contributed by atoms with Gasteiger partial charge in [0.2, 0.25) is 5.91 Å². The number of anilines is 1. The molecule has 1 aliphatic rings. The van der Waals surface area contributed by atoms with Gasteiger partial charge in [-0.1, -0.05) is 6.92 Å². The van der Waals surface area contributed by atoms with Crippen LogP contribution in [0.1, 0.15) is 31.9 Å². The van der Waals surface area contributed by atoms with Crippen LogP contribution < -0.4 is 10.6 Å². The van der Waals surface area contributed by atoms with E-state index in [0.717, 1.165) is 31.6 Å². The highest BCUT2D eigenvalue weighted by Crippen LogP contribution is 2.32. The first kappa shape index (κ1) is 15.8. The molecule has 2 heterocycles. The summed E-state index contributed by atoms with van der Waals surface area (Å²) in [6, 6.07) is 2.10. The minimum atomic E-state index is -4.47. The molecule has 1 amide bonds. The van der Waals surface area contributed by atoms with E-state index in [4.69, 9.17) is 0 Å². The van der Waals surface area contributed by atoms with Gasteiger partial charge in [0.1, 0.15) is 5.69 Å². The van der Waals surface area contributed by atoms with Gasteiger partial charge in [0.25, 0.3) is 0 Å². The van der Waals surface area contributed by atoms with E-state index in [0.29, 0.717) is 13.0 Å². The van der Waals surface area contributed by atoms with E-state index in [-0.39, 0.29) is 11.6 Å². The maximum absolute atomic E-state index is 12.4. The standard InChI is InChI=1S/C14H18F3N3O/c1-2-13(6-3-7-18-9-13)12(21)20-10-4-5-11(19-8-10)14(15,16)17/h4-5,8,18H,2-3,6-7,9H2,1H3,(H,20,21). The summed E-state index contributed by atoms with van der Waals surface area (Å²) >= 11 is 0. The van der Waals surface area contributed by atoms with Crippen molar-refractivity contribution < 1.29 is 18.0 Å². The molecule has 1 atom stereocenters. The van der Waals surface area contributed by atoms with Crippen LogP contribution in [0.25, 0.3) is 0 Å². The van der Waals surface area contributed by atoms with Crippen molar-refractivity contribution in [1.29, 1.82) is 0 Å². The van der Waals surface area contributed by atoms with Gasteiger partial charge in [-0.05, 0) is 37.9 Å². The molecule has 0 radical (unpaired) electrons. The van der Waals surface area contributed by atoms with Crippen molar-refractivity contribution in [3.05, 3.63) is 24.0 Å². The van der Waals surface area contributed by atoms with Crippen molar-refractivity contribution in [2.75, 3.05) is 18.4 Å². The molecule has 0 aromatic carbocycles. The Morgan fingerprint density at radius 1 is 1.48 bits per heavy atom. The normalized spacial score (nSPS) is 22.9. The fourth-order valence-corrected chi connectivity index (χ4v) is 2.52. The number of nitrogens with one attached hydrogen (secondary N) is 2. The van der Waals surface area contributed by atoms with E-state index in [2.05, 4.69) is 15.6 Å². The molecule has 1 aliphatic heterocycles. The quantitative estimate of drug-likeness (QED) is 0.902. The van der Waals surface area contributed by atoms with Crippen LogP contribution in [0, 0.1) is 5.41 Å². The average Bonchev–Trinajstić information content (AvgIpc) is 2.47. The molecular weight excluding hydrogens is 283 g/mol. The first-order valence-corrected chi connectivity index (χ1v) is 6.93. The molecular formula is C14H18F3N3O. The summed E-state index contributed by atoms with van der Waals surface area (Å²) in [5.74, 6) is -0.168. The monoisotopic (exact) mass is 301 g/mol. The molecule has 0 saturated carbocycles. The van der Waals surface area contributed by atoms with Gasteiger partial charge in [0.15, 0.2) is 0 Å². The van der Waals surface area contributed by atoms with Gasteiger partial charge in [0.05, 0.1) is 17.3 Å². The van der Waals surface area contributed by atoms with Crippen molar-refractivity contribution >= 4 is 11.6 Å². The van der Waals surface area contributed by atoms with Gasteiger partial charge < -0.3 is 10.6 Å². The molecule has 1 aromatic heterocycles. The summed E-state index contributed by atoms with van der Waals surface area (Å²) in [6.45, 7) is 3.41. The summed E-state index contributed by atoms with van der Waals surface area (Å²) in [5.41, 5.74) is -1.18. The molecule has 2 rings (SSSR count). The zero-order chi connectivity index (χ0) is 15.5. The highest BCUT2D eigenvalue weighted by molar-refractivity contribution is 5.95. The molecule has 1 unspecified atom stereocenters. The van der Waals surface area contributed by atoms with Crippen molar-refractivity contribution in [1.82, 2.24) is 10.3 Å². The highest BCUT2D eigenvalue weighted by Gasteiger charge is 2.38. The van der Waals surface area contributed by atoms with E-state index in [9.17, 15) is 18.0 Å². The zero-order valence-electron chi connectivity index (χ0n) is 11.8. The maximum Gasteiger partial charge on any atom is 0.433 e. The van der Waals surface area contributed by atoms with E-state index >= 15 is 0 Å². The number of rotatable bonds is 3. The van der Waals surface area contributed by atoms with Crippen LogP contribution in [-0.4, -0.2) is 24.0 Å². The largest absolute Gasteiger partial charge is 0.433 e. The molecule has 21 heavy (non-hydrogen) atoms. The minimum absolute atomic E-state index is 0.168. The maximum atomic E-state index is 12.4. The minimum Gasteiger partial charge on any atom is -0.324 e. The van der Waals surface area contributed by atoms with Crippen molar-refractivity contribution in [3.8, 4) is 0 Å². The number of alkyl halides is 3. The van der Waals surface area contributed by atoms with E-state index in [1.54, 1.807) is 0 Å². The molecule has 2 N–H and O–H groups in total. The number of hydrogen-bond donors (Lipinski definition) is 2. The first-order chi connectivity index (χ1) is 9.87. The van der Waals surface area contributed by atoms with Gasteiger partial charge >= 0.3 is 6.18 Å². The Bertz CT molecular complexity index is 493. The van der Waals surface area contributed by atoms with Crippen LogP contribution in [0.4, 0.5) is 18.9 Å². The molecule has 1 aromatic rings. The fourth-order valence-electron chi connectivity index (χ4n) is 2.52. The van der Waals surface area contributed by atoms with Gasteiger partial charge in [-0.3, -0.25) is 4.79 Å². The number of piperidine rings is 1. The van der Waals surface area contributed by atoms with Crippen LogP contribution >= 0.6 is 0 Å². The second-order valence-corrected chi connectivity index (χ2v) is 5.30. The van der Waals surface area contributed by atoms with Gasteiger partial charge in [-0.2, -0.15) is 13.2 Å². The van der Waals surface area contributed by atoms with E-state index in [1.165, 1.54) is 6.07 Å². The second-order valence-electron chi connectivity index (χ2n) is 5.30. The summed E-state index contributed by atoms with van der Waals surface area (Å²) in [6.07, 6.45) is -1.07. The highest BCUT2D eigenvalue weighted by atomic mass is 19.4. The van der Waals surface area contributed by atoms with Gasteiger partial charge in [0, 0.05) is 6.54 Å². The smallest absolute Gasteiger partial charge is 0.324 e. The van der Waals surface area contributed by atoms with Crippen LogP contribution in [-0.2, 0) is 11.0 Å². The first-order valence-electron chi connectivity index (χ1n) is 6.93. The van der Waals surface area contributed by atoms with Gasteiger partial charge in [-0.15, -0.1) is 0 Å². The summed E-state index contributed by atoms with van der Waals surface area (Å²) in [7, 11) is 0. The molecule has 7 heteroatoms. The predicted octanol–water partition coefficient (Wildman–Crippen LogP) is 2.82. The molecule has 0 bridgehead atoms. The number of carbonyl (C=O) groups excluding carboxylic acids is 1. The Kier molecular flexibility index (Phi) is 4.51. The Hall–Kier alpha value is -1.63. The predicted molar refractivity (Wildman–Crippen MR) is 72.7 cm³/mol. The topological polar surface area (TPSA) is 54.0 Å². The van der Waals surface area contributed by atoms with Crippen LogP contribution in [0.5, 0.6) is 0 Å². The molecule has 1 saturated heterocycles. The van der Waals surface area contributed by atoms with Crippen LogP contribution in [0.2, 0.25) is 0 Å². The fraction of sp³-hybridized carbons (Fsp3) is 0.571. The lowest BCUT2D eigenvalue weighted by molar-refractivity contribution is -0.141. The number of hydrogen-bond acceptors (Lipinski definition) is 3. The summed E-state index contributed by atoms with van der Waals surface area (Å²) in [5, 5.41) is 5.87. The molecule has 0 spiro atoms. The Morgan fingerprint density at radius 2 is 2.24 bits per heavy atom. The summed E-state index contributed by atoms with van der Waals surface area (Å²) in [4.78, 5) is 15.7. The van der Waals surface area contributed by atoms with E-state index in [1.807, 2.05) is 6.92 Å². The third-order valence-electron chi connectivity index (χ3n) is 3.94. The average molecular weight is 301 g/mol. The van der Waals surface area contributed by atoms with Crippen molar-refractivity contribution in [3.63, 3.8) is 0 Å². The third-order valence-corrected chi connectivity index (χ3v) is 3.94. The Balaban J connectivity index is 2.08. The Morgan fingerprint density at radius 3 is 2.71 bits per heavy atom. The van der Waals surface area contributed by atoms with E-state index < -0.39 is 17.3 Å². The van der Waals surface area contributed by atoms with Crippen molar-refractivity contribution in [2.24, 2.45) is 5.41 Å². The number of carbonyl (C=O) groups is 1. The van der Waals surface area contributed by atoms with Crippen LogP contribution in [0.3, 0.4) is 0 Å². The lowest BCUT2D eigenvalue weighted by Gasteiger charge is -2.35. The number of halogens is 3. The molecule has 1 fully saturated rings. The molecule has 0 aliphatic carbocycles. The number of pyridine rings is 1. The zero-order valence-corrected chi connectivity index (χ0v) is 11.8. The Labute approximate surface area is 121 Å². The number of aromatic nitrogens is 1. The second kappa shape index (κ2) is 6.01. The lowest BCUT2D eigenvalue weighted by Crippen LogP contribution is -2.47.